The van der Waals surface area contributed by atoms with Crippen molar-refractivity contribution in [3.05, 3.63) is 33.8 Å². The van der Waals surface area contributed by atoms with Crippen LogP contribution in [0, 0.1) is 6.92 Å². The Morgan fingerprint density at radius 2 is 1.80 bits per heavy atom. The fourth-order valence-corrected chi connectivity index (χ4v) is 2.23. The highest BCUT2D eigenvalue weighted by Crippen LogP contribution is 2.19. The molecule has 1 aliphatic rings. The van der Waals surface area contributed by atoms with Gasteiger partial charge in [0, 0.05) is 17.0 Å². The van der Waals surface area contributed by atoms with Gasteiger partial charge >= 0.3 is 0 Å². The van der Waals surface area contributed by atoms with Gasteiger partial charge in [0.25, 0.3) is 0 Å². The first-order chi connectivity index (χ1) is 9.40. The highest BCUT2D eigenvalue weighted by atomic mass is 35.5. The molecule has 0 aliphatic carbocycles. The molecule has 3 nitrogen and oxygen atoms in total. The molecule has 0 saturated carbocycles. The molecule has 1 aromatic rings. The highest BCUT2D eigenvalue weighted by molar-refractivity contribution is 6.37. The van der Waals surface area contributed by atoms with Crippen LogP contribution >= 0.6 is 23.2 Å². The third kappa shape index (κ3) is 6.04. The topological polar surface area (TPSA) is 37.4 Å². The quantitative estimate of drug-likeness (QED) is 0.801. The lowest BCUT2D eigenvalue weighted by Crippen LogP contribution is -2.30. The van der Waals surface area contributed by atoms with Crippen LogP contribution in [0.5, 0.6) is 0 Å². The first kappa shape index (κ1) is 17.2. The number of benzene rings is 1. The van der Waals surface area contributed by atoms with Crippen LogP contribution in [0.15, 0.2) is 18.2 Å². The van der Waals surface area contributed by atoms with Crippen molar-refractivity contribution in [3.8, 4) is 0 Å². The van der Waals surface area contributed by atoms with Crippen LogP contribution in [0.2, 0.25) is 10.0 Å². The van der Waals surface area contributed by atoms with Crippen molar-refractivity contribution in [2.45, 2.75) is 26.7 Å². The van der Waals surface area contributed by atoms with Crippen molar-refractivity contribution >= 4 is 34.8 Å². The summed E-state index contributed by atoms with van der Waals surface area (Å²) in [5.74, 6) is -0.580. The second-order valence-electron chi connectivity index (χ2n) is 4.86. The summed E-state index contributed by atoms with van der Waals surface area (Å²) in [5, 5.41) is 1.41. The van der Waals surface area contributed by atoms with E-state index in [9.17, 15) is 9.59 Å². The molecule has 110 valence electrons. The largest absolute Gasteiger partial charge is 0.296 e. The molecular weight excluding hydrogens is 297 g/mol. The molecule has 1 heterocycles. The Morgan fingerprint density at radius 1 is 1.20 bits per heavy atom. The van der Waals surface area contributed by atoms with Gasteiger partial charge in [-0.2, -0.15) is 0 Å². The first-order valence-electron chi connectivity index (χ1n) is 6.58. The predicted octanol–water partition coefficient (Wildman–Crippen LogP) is 3.54. The van der Waals surface area contributed by atoms with E-state index in [0.717, 1.165) is 36.5 Å². The van der Waals surface area contributed by atoms with Crippen molar-refractivity contribution in [1.82, 2.24) is 4.90 Å². The summed E-state index contributed by atoms with van der Waals surface area (Å²) in [4.78, 5) is 23.5. The normalized spacial score (nSPS) is 14.6. The van der Waals surface area contributed by atoms with E-state index in [1.54, 1.807) is 6.07 Å². The van der Waals surface area contributed by atoms with Crippen LogP contribution in [-0.2, 0) is 9.59 Å². The zero-order chi connectivity index (χ0) is 15.1. The molecule has 20 heavy (non-hydrogen) atoms. The maximum Gasteiger partial charge on any atom is 0.211 e. The molecule has 0 spiro atoms. The van der Waals surface area contributed by atoms with E-state index in [2.05, 4.69) is 0 Å². The number of halogens is 2. The van der Waals surface area contributed by atoms with Gasteiger partial charge in [-0.1, -0.05) is 29.3 Å². The number of hydrogen-bond acceptors (Lipinski definition) is 3. The van der Waals surface area contributed by atoms with Gasteiger partial charge in [-0.05, 0) is 50.6 Å². The van der Waals surface area contributed by atoms with Crippen LogP contribution in [0.3, 0.4) is 0 Å². The lowest BCUT2D eigenvalue weighted by atomic mass is 10.2. The molecule has 2 rings (SSSR count). The molecule has 0 atom stereocenters. The molecular formula is C15H19Cl2NO2. The zero-order valence-electron chi connectivity index (χ0n) is 11.8. The summed E-state index contributed by atoms with van der Waals surface area (Å²) in [6, 6.07) is 5.45. The van der Waals surface area contributed by atoms with Gasteiger partial charge in [0.2, 0.25) is 5.78 Å². The third-order valence-electron chi connectivity index (χ3n) is 3.09. The van der Waals surface area contributed by atoms with E-state index in [1.807, 2.05) is 24.0 Å². The highest BCUT2D eigenvalue weighted by Gasteiger charge is 2.16. The number of likely N-dealkylation sites (tertiary alicyclic amines) is 1. The minimum absolute atomic E-state index is 0.257. The minimum atomic E-state index is -0.322. The lowest BCUT2D eigenvalue weighted by Gasteiger charge is -2.11. The summed E-state index contributed by atoms with van der Waals surface area (Å²) < 4.78 is 0. The van der Waals surface area contributed by atoms with Crippen molar-refractivity contribution in [2.24, 2.45) is 0 Å². The fourth-order valence-electron chi connectivity index (χ4n) is 1.82. The van der Waals surface area contributed by atoms with Gasteiger partial charge in [-0.25, -0.2) is 0 Å². The molecule has 1 aliphatic heterocycles. The second kappa shape index (κ2) is 8.40. The van der Waals surface area contributed by atoms with E-state index in [1.165, 1.54) is 6.92 Å². The summed E-state index contributed by atoms with van der Waals surface area (Å²) in [7, 11) is 0. The fraction of sp³-hybridized carbons (Fsp3) is 0.467. The molecule has 0 amide bonds. The van der Waals surface area contributed by atoms with E-state index in [0.29, 0.717) is 11.6 Å². The van der Waals surface area contributed by atoms with Crippen LogP contribution in [-0.4, -0.2) is 36.1 Å². The van der Waals surface area contributed by atoms with Gasteiger partial charge in [0.1, 0.15) is 0 Å². The van der Waals surface area contributed by atoms with Crippen LogP contribution < -0.4 is 0 Å². The van der Waals surface area contributed by atoms with Gasteiger partial charge in [-0.15, -0.1) is 0 Å². The van der Waals surface area contributed by atoms with E-state index < -0.39 is 0 Å². The Balaban J connectivity index is 0.000000204. The van der Waals surface area contributed by atoms with Crippen LogP contribution in [0.25, 0.3) is 0 Å². The predicted molar refractivity (Wildman–Crippen MR) is 82.6 cm³/mol. The summed E-state index contributed by atoms with van der Waals surface area (Å²) in [6.45, 7) is 5.55. The summed E-state index contributed by atoms with van der Waals surface area (Å²) in [6.07, 6.45) is 2.32. The van der Waals surface area contributed by atoms with Gasteiger partial charge < -0.3 is 0 Å². The van der Waals surface area contributed by atoms with Crippen LogP contribution in [0.4, 0.5) is 0 Å². The number of aryl methyl sites for hydroxylation is 1. The van der Waals surface area contributed by atoms with E-state index in [4.69, 9.17) is 23.2 Å². The average molecular weight is 316 g/mol. The number of nitrogens with zero attached hydrogens (tertiary/aromatic N) is 1. The Morgan fingerprint density at radius 3 is 2.25 bits per heavy atom. The minimum Gasteiger partial charge on any atom is -0.296 e. The molecule has 0 aromatic heterocycles. The van der Waals surface area contributed by atoms with E-state index >= 15 is 0 Å². The lowest BCUT2D eigenvalue weighted by molar-refractivity contribution is -0.135. The number of hydrogen-bond donors (Lipinski definition) is 0. The van der Waals surface area contributed by atoms with Crippen molar-refractivity contribution < 1.29 is 9.59 Å². The molecule has 0 N–H and O–H groups in total. The maximum atomic E-state index is 10.9. The number of carbonyl (C=O) groups excluding carboxylic acids is 2. The van der Waals surface area contributed by atoms with Crippen LogP contribution in [0.1, 0.15) is 25.3 Å². The number of ketones is 2. The van der Waals surface area contributed by atoms with Gasteiger partial charge in [-0.3, -0.25) is 14.5 Å². The monoisotopic (exact) mass is 315 g/mol. The SMILES string of the molecule is CC(=O)C(=O)CN1CCCC1.Cc1ccc(Cl)cc1Cl. The Hall–Kier alpha value is -0.900. The first-order valence-corrected chi connectivity index (χ1v) is 7.33. The Bertz CT molecular complexity index is 483. The zero-order valence-corrected chi connectivity index (χ0v) is 13.3. The summed E-state index contributed by atoms with van der Waals surface area (Å²) in [5.41, 5.74) is 1.06. The van der Waals surface area contributed by atoms with Gasteiger partial charge in [0.05, 0.1) is 6.54 Å². The standard InChI is InChI=1S/C8H13NO2.C7H6Cl2/c1-7(10)8(11)6-9-4-2-3-5-9;1-5-2-3-6(8)4-7(5)9/h2-6H2,1H3;2-4H,1H3. The number of rotatable bonds is 3. The molecule has 1 saturated heterocycles. The van der Waals surface area contributed by atoms with Crippen molar-refractivity contribution in [2.75, 3.05) is 19.6 Å². The Kier molecular flexibility index (Phi) is 7.20. The third-order valence-corrected chi connectivity index (χ3v) is 3.73. The van der Waals surface area contributed by atoms with Crippen molar-refractivity contribution in [3.63, 3.8) is 0 Å². The molecule has 1 aromatic carbocycles. The van der Waals surface area contributed by atoms with E-state index in [-0.39, 0.29) is 11.6 Å². The second-order valence-corrected chi connectivity index (χ2v) is 5.70. The Labute approximate surface area is 129 Å². The molecule has 0 bridgehead atoms. The maximum absolute atomic E-state index is 10.9. The van der Waals surface area contributed by atoms with Crippen molar-refractivity contribution in [1.29, 1.82) is 0 Å². The average Bonchev–Trinajstić information content (AvgIpc) is 2.88. The molecule has 1 fully saturated rings. The molecule has 0 radical (unpaired) electrons. The number of Topliss-reactive ketones (excluding diaryl/α,β-unsaturated/α-hetero) is 2. The number of carbonyl (C=O) groups is 2. The molecule has 5 heteroatoms. The molecule has 0 unspecified atom stereocenters. The smallest absolute Gasteiger partial charge is 0.211 e. The summed E-state index contributed by atoms with van der Waals surface area (Å²) >= 11 is 11.4. The van der Waals surface area contributed by atoms with Gasteiger partial charge in [0.15, 0.2) is 5.78 Å².